The van der Waals surface area contributed by atoms with Crippen LogP contribution in [0.3, 0.4) is 0 Å². The summed E-state index contributed by atoms with van der Waals surface area (Å²) in [6.45, 7) is 16.7. The van der Waals surface area contributed by atoms with Crippen LogP contribution in [-0.2, 0) is 18.6 Å². The van der Waals surface area contributed by atoms with Crippen molar-refractivity contribution in [1.82, 2.24) is 4.57 Å². The minimum atomic E-state index is -0.425. The van der Waals surface area contributed by atoms with Gasteiger partial charge in [0.1, 0.15) is 0 Å². The molecule has 208 valence electrons. The molecule has 0 N–H and O–H groups in total. The highest BCUT2D eigenvalue weighted by molar-refractivity contribution is 6.63. The molecule has 0 atom stereocenters. The zero-order valence-electron chi connectivity index (χ0n) is 25.2. The molecule has 7 rings (SSSR count). The number of rotatable bonds is 3. The molecule has 0 unspecified atom stereocenters. The molecule has 41 heavy (non-hydrogen) atoms. The first kappa shape index (κ1) is 26.8. The van der Waals surface area contributed by atoms with Crippen LogP contribution in [0.4, 0.5) is 0 Å². The van der Waals surface area contributed by atoms with Gasteiger partial charge in [-0.05, 0) is 89.9 Å². The summed E-state index contributed by atoms with van der Waals surface area (Å²) in [6.07, 6.45) is 0. The second kappa shape index (κ2) is 8.71. The van der Waals surface area contributed by atoms with E-state index in [0.717, 1.165) is 27.5 Å². The zero-order chi connectivity index (χ0) is 28.9. The molecule has 5 aromatic rings. The molecule has 3 heterocycles. The Hall–Kier alpha value is -3.09. The second-order valence-corrected chi connectivity index (χ2v) is 13.6. The van der Waals surface area contributed by atoms with E-state index in [1.165, 1.54) is 21.7 Å². The molecule has 0 amide bonds. The molecule has 2 fully saturated rings. The fourth-order valence-corrected chi connectivity index (χ4v) is 5.97. The van der Waals surface area contributed by atoms with Crippen molar-refractivity contribution in [2.75, 3.05) is 0 Å². The lowest BCUT2D eigenvalue weighted by Gasteiger charge is -2.32. The number of hydrogen-bond acceptors (Lipinski definition) is 4. The van der Waals surface area contributed by atoms with Crippen molar-refractivity contribution >= 4 is 57.7 Å². The maximum absolute atomic E-state index is 6.42. The van der Waals surface area contributed by atoms with Gasteiger partial charge < -0.3 is 23.2 Å². The minimum absolute atomic E-state index is 0.384. The highest BCUT2D eigenvalue weighted by Gasteiger charge is 2.52. The largest absolute Gasteiger partial charge is 0.494 e. The van der Waals surface area contributed by atoms with Gasteiger partial charge in [0.15, 0.2) is 0 Å². The van der Waals surface area contributed by atoms with Crippen LogP contribution in [0.5, 0.6) is 0 Å². The third kappa shape index (κ3) is 4.01. The molecule has 7 heteroatoms. The molecule has 4 aromatic carbocycles. The van der Waals surface area contributed by atoms with Gasteiger partial charge in [0, 0.05) is 21.8 Å². The van der Waals surface area contributed by atoms with Gasteiger partial charge in [-0.2, -0.15) is 0 Å². The van der Waals surface area contributed by atoms with Gasteiger partial charge in [-0.3, -0.25) is 0 Å². The first-order valence-corrected chi connectivity index (χ1v) is 14.6. The monoisotopic (exact) mass is 545 g/mol. The number of fused-ring (bicyclic) bond motifs is 5. The summed E-state index contributed by atoms with van der Waals surface area (Å²) >= 11 is 0. The predicted octanol–water partition coefficient (Wildman–Crippen LogP) is 6.54. The van der Waals surface area contributed by atoms with E-state index < -0.39 is 25.4 Å². The molecular weight excluding hydrogens is 508 g/mol. The Kier molecular flexibility index (Phi) is 5.69. The van der Waals surface area contributed by atoms with Gasteiger partial charge in [-0.15, -0.1) is 0 Å². The molecule has 0 saturated carbocycles. The zero-order valence-corrected chi connectivity index (χ0v) is 25.2. The average Bonchev–Trinajstić information content (AvgIpc) is 3.45. The molecule has 2 aliphatic rings. The number of nitrogens with zero attached hydrogens (tertiary/aromatic N) is 1. The highest BCUT2D eigenvalue weighted by Crippen LogP contribution is 2.40. The first-order chi connectivity index (χ1) is 19.3. The minimum Gasteiger partial charge on any atom is -0.399 e. The molecular formula is C34H37B2NO4. The van der Waals surface area contributed by atoms with E-state index in [1.54, 1.807) is 0 Å². The molecule has 0 radical (unpaired) electrons. The Balaban J connectivity index is 1.42. The molecule has 1 aromatic heterocycles. The first-order valence-electron chi connectivity index (χ1n) is 14.6. The molecule has 0 spiro atoms. The summed E-state index contributed by atoms with van der Waals surface area (Å²) in [7, 11) is -0.826. The maximum Gasteiger partial charge on any atom is 0.494 e. The van der Waals surface area contributed by atoms with Crippen LogP contribution in [0.1, 0.15) is 55.4 Å². The summed E-state index contributed by atoms with van der Waals surface area (Å²) in [5, 5.41) is 4.73. The van der Waals surface area contributed by atoms with Crippen LogP contribution >= 0.6 is 0 Å². The standard InChI is InChI=1S/C34H37B2NO4/c1-31(2)32(3,4)39-35(38-31)23-15-18-26-22(20-23)14-17-28-27-19-16-24(36-40-33(5,6)34(7,8)41-36)21-29(27)37(30(26)28)25-12-10-9-11-13-25/h9-21H,1-8H3. The lowest BCUT2D eigenvalue weighted by molar-refractivity contribution is 0.00578. The van der Waals surface area contributed by atoms with Gasteiger partial charge in [0.05, 0.1) is 33.4 Å². The van der Waals surface area contributed by atoms with Crippen molar-refractivity contribution in [2.24, 2.45) is 0 Å². The van der Waals surface area contributed by atoms with Gasteiger partial charge in [0.25, 0.3) is 0 Å². The van der Waals surface area contributed by atoms with Gasteiger partial charge >= 0.3 is 14.2 Å². The third-order valence-electron chi connectivity index (χ3n) is 9.86. The predicted molar refractivity (Wildman–Crippen MR) is 170 cm³/mol. The fraction of sp³-hybridized carbons (Fsp3) is 0.353. The van der Waals surface area contributed by atoms with Crippen molar-refractivity contribution in [1.29, 1.82) is 0 Å². The summed E-state index contributed by atoms with van der Waals surface area (Å²) in [6, 6.07) is 28.2. The van der Waals surface area contributed by atoms with Crippen molar-refractivity contribution in [2.45, 2.75) is 77.8 Å². The lowest BCUT2D eigenvalue weighted by Crippen LogP contribution is -2.41. The summed E-state index contributed by atoms with van der Waals surface area (Å²) in [5.74, 6) is 0. The van der Waals surface area contributed by atoms with E-state index in [0.29, 0.717) is 0 Å². The maximum atomic E-state index is 6.42. The van der Waals surface area contributed by atoms with Crippen molar-refractivity contribution in [3.63, 3.8) is 0 Å². The quantitative estimate of drug-likeness (QED) is 0.242. The number of benzene rings is 4. The SMILES string of the molecule is CC1(C)OB(c2ccc3c(ccc4c5ccc(B6OC(C)(C)C(C)(C)O6)cc5n(-c5ccccc5)c34)c2)OC1(C)C. The highest BCUT2D eigenvalue weighted by atomic mass is 16.7. The fourth-order valence-electron chi connectivity index (χ4n) is 5.97. The molecule has 0 bridgehead atoms. The van der Waals surface area contributed by atoms with E-state index in [4.69, 9.17) is 18.6 Å². The van der Waals surface area contributed by atoms with Crippen molar-refractivity contribution in [3.8, 4) is 5.69 Å². The van der Waals surface area contributed by atoms with Gasteiger partial charge in [-0.25, -0.2) is 0 Å². The van der Waals surface area contributed by atoms with Gasteiger partial charge in [0.2, 0.25) is 0 Å². The van der Waals surface area contributed by atoms with E-state index in [-0.39, 0.29) is 11.2 Å². The number of aromatic nitrogens is 1. The Morgan fingerprint density at radius 2 is 1.00 bits per heavy atom. The van der Waals surface area contributed by atoms with E-state index >= 15 is 0 Å². The Morgan fingerprint density at radius 1 is 0.512 bits per heavy atom. The Bertz CT molecular complexity index is 1790. The number of hydrogen-bond donors (Lipinski definition) is 0. The molecule has 2 aliphatic heterocycles. The normalized spacial score (nSPS) is 21.0. The smallest absolute Gasteiger partial charge is 0.399 e. The van der Waals surface area contributed by atoms with E-state index in [2.05, 4.69) is 139 Å². The average molecular weight is 545 g/mol. The van der Waals surface area contributed by atoms with Crippen LogP contribution in [0, 0.1) is 0 Å². The lowest BCUT2D eigenvalue weighted by atomic mass is 9.78. The second-order valence-electron chi connectivity index (χ2n) is 13.6. The van der Waals surface area contributed by atoms with Crippen LogP contribution in [0.25, 0.3) is 38.3 Å². The molecule has 5 nitrogen and oxygen atoms in total. The third-order valence-corrected chi connectivity index (χ3v) is 9.86. The molecule has 0 aliphatic carbocycles. The Morgan fingerprint density at radius 3 is 1.56 bits per heavy atom. The number of para-hydroxylation sites is 1. The summed E-state index contributed by atoms with van der Waals surface area (Å²) in [4.78, 5) is 0. The summed E-state index contributed by atoms with van der Waals surface area (Å²) in [5.41, 5.74) is 3.89. The van der Waals surface area contributed by atoms with E-state index in [1.807, 2.05) is 0 Å². The van der Waals surface area contributed by atoms with Crippen molar-refractivity contribution < 1.29 is 18.6 Å². The topological polar surface area (TPSA) is 41.9 Å². The van der Waals surface area contributed by atoms with Crippen LogP contribution in [0.15, 0.2) is 78.9 Å². The Labute approximate surface area is 243 Å². The molecule has 2 saturated heterocycles. The van der Waals surface area contributed by atoms with Crippen LogP contribution < -0.4 is 10.9 Å². The van der Waals surface area contributed by atoms with Gasteiger partial charge in [-0.1, -0.05) is 60.7 Å². The van der Waals surface area contributed by atoms with Crippen molar-refractivity contribution in [3.05, 3.63) is 78.9 Å². The summed E-state index contributed by atoms with van der Waals surface area (Å²) < 4.78 is 28.0. The van der Waals surface area contributed by atoms with Crippen LogP contribution in [-0.4, -0.2) is 41.2 Å². The van der Waals surface area contributed by atoms with Crippen LogP contribution in [0.2, 0.25) is 0 Å². The van der Waals surface area contributed by atoms with E-state index in [9.17, 15) is 0 Å².